The fourth-order valence-electron chi connectivity index (χ4n) is 3.84. The summed E-state index contributed by atoms with van der Waals surface area (Å²) in [5, 5.41) is 6.75. The van der Waals surface area contributed by atoms with Crippen LogP contribution in [0.2, 0.25) is 0 Å². The first kappa shape index (κ1) is 29.3. The van der Waals surface area contributed by atoms with Gasteiger partial charge < -0.3 is 20.3 Å². The molecule has 0 aliphatic carbocycles. The fourth-order valence-corrected chi connectivity index (χ4v) is 3.84. The van der Waals surface area contributed by atoms with Gasteiger partial charge in [-0.25, -0.2) is 0 Å². The molecular weight excluding hydrogens is 376 g/mol. The maximum atomic E-state index is 13.0. The molecule has 2 rings (SSSR count). The highest BCUT2D eigenvalue weighted by atomic mass is 16.5. The molecule has 0 aromatic rings. The summed E-state index contributed by atoms with van der Waals surface area (Å²) < 4.78 is 5.77. The van der Waals surface area contributed by atoms with Gasteiger partial charge in [-0.1, -0.05) is 41.5 Å². The highest BCUT2D eigenvalue weighted by molar-refractivity contribution is 5.78. The molecule has 6 heteroatoms. The van der Waals surface area contributed by atoms with Crippen molar-refractivity contribution in [3.8, 4) is 0 Å². The first-order valence-electron chi connectivity index (χ1n) is 12.7. The van der Waals surface area contributed by atoms with E-state index >= 15 is 0 Å². The molecule has 0 aromatic heterocycles. The lowest BCUT2D eigenvalue weighted by Crippen LogP contribution is -2.51. The summed E-state index contributed by atoms with van der Waals surface area (Å²) in [4.78, 5) is 17.4. The largest absolute Gasteiger partial charge is 0.378 e. The van der Waals surface area contributed by atoms with Crippen LogP contribution in [0.3, 0.4) is 0 Å². The van der Waals surface area contributed by atoms with E-state index in [-0.39, 0.29) is 0 Å². The zero-order chi connectivity index (χ0) is 22.6. The van der Waals surface area contributed by atoms with Crippen LogP contribution in [0.25, 0.3) is 0 Å². The first-order chi connectivity index (χ1) is 14.7. The number of carbonyl (C=O) groups excluding carboxylic acids is 1. The summed E-state index contributed by atoms with van der Waals surface area (Å²) in [6.07, 6.45) is 5.69. The molecule has 2 fully saturated rings. The number of carbonyl (C=O) groups is 1. The van der Waals surface area contributed by atoms with E-state index in [0.29, 0.717) is 25.1 Å². The Balaban J connectivity index is 0.00000198. The van der Waals surface area contributed by atoms with Crippen molar-refractivity contribution in [2.24, 2.45) is 5.92 Å². The van der Waals surface area contributed by atoms with E-state index in [4.69, 9.17) is 4.74 Å². The summed E-state index contributed by atoms with van der Waals surface area (Å²) in [5.41, 5.74) is 0. The maximum absolute atomic E-state index is 13.0. The van der Waals surface area contributed by atoms with Crippen LogP contribution in [0.4, 0.5) is 0 Å². The number of rotatable bonds is 11. The van der Waals surface area contributed by atoms with Gasteiger partial charge in [0.25, 0.3) is 0 Å². The van der Waals surface area contributed by atoms with Gasteiger partial charge in [-0.05, 0) is 70.7 Å². The van der Waals surface area contributed by atoms with E-state index in [9.17, 15) is 4.79 Å². The molecule has 0 atom stereocenters. The van der Waals surface area contributed by atoms with Gasteiger partial charge in [0.1, 0.15) is 0 Å². The molecule has 30 heavy (non-hydrogen) atoms. The summed E-state index contributed by atoms with van der Waals surface area (Å²) >= 11 is 0. The Labute approximate surface area is 187 Å². The topological polar surface area (TPSA) is 56.8 Å². The van der Waals surface area contributed by atoms with Crippen LogP contribution in [-0.4, -0.2) is 87.3 Å². The monoisotopic (exact) mass is 428 g/mol. The Morgan fingerprint density at radius 2 is 1.67 bits per heavy atom. The van der Waals surface area contributed by atoms with Crippen LogP contribution in [-0.2, 0) is 9.53 Å². The lowest BCUT2D eigenvalue weighted by Gasteiger charge is -2.37. The Morgan fingerprint density at radius 1 is 1.03 bits per heavy atom. The molecule has 180 valence electrons. The third-order valence-corrected chi connectivity index (χ3v) is 5.63. The number of ether oxygens (including phenoxy) is 1. The molecule has 0 spiro atoms. The standard InChI is InChI=1S/C20H40N4O2.2C2H6/c1-3-8-21-11-15-26-16-14-24(19-4-9-22-10-5-19)20(25)17-23-12-6-18(2)7-13-23;2*1-2/h18-19,21-22H,3-17H2,1-2H3;2*1-2H3. The molecule has 0 unspecified atom stereocenters. The van der Waals surface area contributed by atoms with E-state index in [1.807, 2.05) is 27.7 Å². The van der Waals surface area contributed by atoms with Gasteiger partial charge in [0.2, 0.25) is 5.91 Å². The van der Waals surface area contributed by atoms with E-state index in [1.54, 1.807) is 0 Å². The third kappa shape index (κ3) is 12.9. The minimum Gasteiger partial charge on any atom is -0.378 e. The lowest BCUT2D eigenvalue weighted by atomic mass is 9.99. The Bertz CT molecular complexity index is 381. The van der Waals surface area contributed by atoms with Crippen molar-refractivity contribution in [1.82, 2.24) is 20.4 Å². The number of nitrogens with zero attached hydrogens (tertiary/aromatic N) is 2. The fraction of sp³-hybridized carbons (Fsp3) is 0.958. The van der Waals surface area contributed by atoms with Gasteiger partial charge >= 0.3 is 0 Å². The summed E-state index contributed by atoms with van der Waals surface area (Å²) in [6.45, 7) is 21.2. The van der Waals surface area contributed by atoms with Crippen molar-refractivity contribution in [2.45, 2.75) is 79.7 Å². The zero-order valence-electron chi connectivity index (χ0n) is 21.0. The molecule has 2 aliphatic rings. The van der Waals surface area contributed by atoms with Crippen LogP contribution in [0.15, 0.2) is 0 Å². The first-order valence-corrected chi connectivity index (χ1v) is 12.7. The second kappa shape index (κ2) is 20.2. The molecule has 6 nitrogen and oxygen atoms in total. The molecule has 2 N–H and O–H groups in total. The van der Waals surface area contributed by atoms with Gasteiger partial charge in [0.05, 0.1) is 19.8 Å². The number of hydrogen-bond donors (Lipinski definition) is 2. The van der Waals surface area contributed by atoms with Crippen LogP contribution < -0.4 is 10.6 Å². The molecule has 0 saturated carbocycles. The summed E-state index contributed by atoms with van der Waals surface area (Å²) in [7, 11) is 0. The zero-order valence-corrected chi connectivity index (χ0v) is 21.0. The van der Waals surface area contributed by atoms with Crippen molar-refractivity contribution in [1.29, 1.82) is 0 Å². The third-order valence-electron chi connectivity index (χ3n) is 5.63. The number of hydrogen-bond acceptors (Lipinski definition) is 5. The minimum atomic E-state index is 0.291. The number of amides is 1. The number of piperidine rings is 2. The minimum absolute atomic E-state index is 0.291. The van der Waals surface area contributed by atoms with Crippen LogP contribution in [0.5, 0.6) is 0 Å². The highest BCUT2D eigenvalue weighted by Crippen LogP contribution is 2.17. The molecule has 0 bridgehead atoms. The normalized spacial score (nSPS) is 18.1. The van der Waals surface area contributed by atoms with Gasteiger partial charge in [0.15, 0.2) is 0 Å². The smallest absolute Gasteiger partial charge is 0.237 e. The molecule has 0 aromatic carbocycles. The summed E-state index contributed by atoms with van der Waals surface area (Å²) in [6, 6.07) is 0.370. The average Bonchev–Trinajstić information content (AvgIpc) is 2.80. The van der Waals surface area contributed by atoms with Gasteiger partial charge in [-0.2, -0.15) is 0 Å². The van der Waals surface area contributed by atoms with Crippen LogP contribution >= 0.6 is 0 Å². The van der Waals surface area contributed by atoms with E-state index in [2.05, 4.69) is 34.3 Å². The second-order valence-electron chi connectivity index (χ2n) is 7.89. The van der Waals surface area contributed by atoms with Gasteiger partial charge in [-0.3, -0.25) is 9.69 Å². The number of nitrogens with one attached hydrogen (secondary N) is 2. The molecular formula is C24H52N4O2. The van der Waals surface area contributed by atoms with Crippen molar-refractivity contribution >= 4 is 5.91 Å². The summed E-state index contributed by atoms with van der Waals surface area (Å²) in [5.74, 6) is 1.09. The molecule has 2 aliphatic heterocycles. The molecule has 2 saturated heterocycles. The quantitative estimate of drug-likeness (QED) is 0.494. The Kier molecular flexibility index (Phi) is 19.8. The lowest BCUT2D eigenvalue weighted by molar-refractivity contribution is -0.136. The number of likely N-dealkylation sites (tertiary alicyclic amines) is 1. The predicted molar refractivity (Wildman–Crippen MR) is 129 cm³/mol. The van der Waals surface area contributed by atoms with E-state index in [0.717, 1.165) is 77.6 Å². The van der Waals surface area contributed by atoms with Crippen molar-refractivity contribution in [3.05, 3.63) is 0 Å². The van der Waals surface area contributed by atoms with Gasteiger partial charge in [-0.15, -0.1) is 0 Å². The molecule has 2 heterocycles. The Hall–Kier alpha value is -0.690. The van der Waals surface area contributed by atoms with Crippen LogP contribution in [0, 0.1) is 5.92 Å². The van der Waals surface area contributed by atoms with Crippen molar-refractivity contribution in [2.75, 3.05) is 65.6 Å². The Morgan fingerprint density at radius 3 is 2.27 bits per heavy atom. The van der Waals surface area contributed by atoms with E-state index < -0.39 is 0 Å². The van der Waals surface area contributed by atoms with Gasteiger partial charge in [0, 0.05) is 19.1 Å². The predicted octanol–water partition coefficient (Wildman–Crippen LogP) is 3.37. The average molecular weight is 429 g/mol. The van der Waals surface area contributed by atoms with Crippen molar-refractivity contribution in [3.63, 3.8) is 0 Å². The SMILES string of the molecule is CC.CC.CCCNCCOCCN(C(=O)CN1CCC(C)CC1)C1CCNCC1. The highest BCUT2D eigenvalue weighted by Gasteiger charge is 2.27. The molecule has 0 radical (unpaired) electrons. The molecule has 1 amide bonds. The van der Waals surface area contributed by atoms with Crippen molar-refractivity contribution < 1.29 is 9.53 Å². The van der Waals surface area contributed by atoms with E-state index in [1.165, 1.54) is 12.8 Å². The maximum Gasteiger partial charge on any atom is 0.237 e. The second-order valence-corrected chi connectivity index (χ2v) is 7.89. The van der Waals surface area contributed by atoms with Crippen LogP contribution in [0.1, 0.15) is 73.6 Å².